The molecule has 14 heteroatoms. The van der Waals surface area contributed by atoms with Crippen LogP contribution in [0.15, 0.2) is 73.8 Å². The molecule has 14 nitrogen and oxygen atoms in total. The van der Waals surface area contributed by atoms with Gasteiger partial charge in [-0.1, -0.05) is 36.4 Å². The summed E-state index contributed by atoms with van der Waals surface area (Å²) in [6.07, 6.45) is 3.15. The number of rotatable bonds is 13. The number of methoxy groups -OCH3 is 2. The van der Waals surface area contributed by atoms with Crippen LogP contribution >= 0.6 is 0 Å². The molecule has 2 heterocycles. The molecule has 0 saturated carbocycles. The van der Waals surface area contributed by atoms with Crippen molar-refractivity contribution >= 4 is 47.2 Å². The maximum absolute atomic E-state index is 13.0. The van der Waals surface area contributed by atoms with Gasteiger partial charge in [-0.3, -0.25) is 19.2 Å². The zero-order valence-electron chi connectivity index (χ0n) is 28.3. The number of hydrogen-bond donors (Lipinski definition) is 4. The summed E-state index contributed by atoms with van der Waals surface area (Å²) in [6.45, 7) is 8.56. The summed E-state index contributed by atoms with van der Waals surface area (Å²) >= 11 is 0. The normalized spacial score (nSPS) is 17.9. The first kappa shape index (κ1) is 37.2. The lowest BCUT2D eigenvalue weighted by Crippen LogP contribution is -2.48. The van der Waals surface area contributed by atoms with Gasteiger partial charge in [-0.05, 0) is 61.1 Å². The number of carbonyl (C=O) groups is 6. The van der Waals surface area contributed by atoms with Crippen LogP contribution in [-0.4, -0.2) is 98.1 Å². The van der Waals surface area contributed by atoms with Crippen molar-refractivity contribution in [2.75, 3.05) is 51.0 Å². The minimum atomic E-state index is -0.810. The van der Waals surface area contributed by atoms with E-state index in [1.54, 1.807) is 46.2 Å². The molecule has 4 atom stereocenters. The van der Waals surface area contributed by atoms with E-state index < -0.39 is 36.1 Å². The highest BCUT2D eigenvalue weighted by atomic mass is 16.5. The lowest BCUT2D eigenvalue weighted by atomic mass is 10.0. The number of carbonyl (C=O) groups excluding carboxylic acids is 6. The summed E-state index contributed by atoms with van der Waals surface area (Å²) in [5.74, 6) is -1.76. The van der Waals surface area contributed by atoms with E-state index in [0.29, 0.717) is 37.3 Å². The van der Waals surface area contributed by atoms with Crippen LogP contribution in [0.5, 0.6) is 0 Å². The van der Waals surface area contributed by atoms with Gasteiger partial charge in [-0.15, -0.1) is 13.2 Å². The molecule has 2 aliphatic heterocycles. The van der Waals surface area contributed by atoms with E-state index in [9.17, 15) is 28.8 Å². The fourth-order valence-corrected chi connectivity index (χ4v) is 5.95. The number of alkyl carbamates (subject to hydrolysis) is 2. The monoisotopic (exact) mass is 688 g/mol. The summed E-state index contributed by atoms with van der Waals surface area (Å²) in [4.78, 5) is 78.4. The van der Waals surface area contributed by atoms with E-state index in [2.05, 4.69) is 43.9 Å². The third-order valence-electron chi connectivity index (χ3n) is 8.74. The van der Waals surface area contributed by atoms with Crippen molar-refractivity contribution in [3.05, 3.63) is 73.8 Å². The van der Waals surface area contributed by atoms with Gasteiger partial charge in [0.15, 0.2) is 0 Å². The van der Waals surface area contributed by atoms with Crippen LogP contribution in [-0.2, 0) is 28.7 Å². The molecule has 6 amide bonds. The Labute approximate surface area is 291 Å². The van der Waals surface area contributed by atoms with Gasteiger partial charge in [-0.2, -0.15) is 0 Å². The quantitative estimate of drug-likeness (QED) is 0.231. The molecule has 0 aliphatic carbocycles. The van der Waals surface area contributed by atoms with Gasteiger partial charge in [0.2, 0.25) is 23.6 Å². The Bertz CT molecular complexity index is 1460. The number of anilines is 2. The molecule has 2 saturated heterocycles. The Morgan fingerprint density at radius 1 is 0.680 bits per heavy atom. The zero-order valence-corrected chi connectivity index (χ0v) is 28.3. The van der Waals surface area contributed by atoms with Crippen LogP contribution < -0.4 is 21.3 Å². The standard InChI is InChI=1S/C36H44N6O8/c1-5-7-29(39-35(47)49-3)33(45)41-19-17-25(21-41)31(43)37-27-13-9-23(10-14-27)24-11-15-28(16-12-24)38-32(44)26-18-20-42(22-26)34(46)30(8-6-2)40-36(48)50-4/h5-6,9-16,25-26,29-30H,1-2,7-8,17-22H2,3-4H3,(H,37,43)(H,38,44)(H,39,47)(H,40,48)/t25-,26+,29+,30-. The first-order valence-electron chi connectivity index (χ1n) is 16.4. The number of benzene rings is 2. The fourth-order valence-electron chi connectivity index (χ4n) is 5.95. The van der Waals surface area contributed by atoms with Gasteiger partial charge in [-0.25, -0.2) is 9.59 Å². The molecule has 2 aromatic rings. The number of ether oxygens (including phenoxy) is 2. The van der Waals surface area contributed by atoms with Crippen LogP contribution in [0.25, 0.3) is 11.1 Å². The van der Waals surface area contributed by atoms with Crippen molar-refractivity contribution in [1.82, 2.24) is 20.4 Å². The van der Waals surface area contributed by atoms with Crippen molar-refractivity contribution in [3.8, 4) is 11.1 Å². The Balaban J connectivity index is 1.26. The minimum Gasteiger partial charge on any atom is -0.453 e. The average Bonchev–Trinajstić information content (AvgIpc) is 3.83. The van der Waals surface area contributed by atoms with E-state index in [4.69, 9.17) is 0 Å². The van der Waals surface area contributed by atoms with Crippen LogP contribution in [0, 0.1) is 11.8 Å². The third-order valence-corrected chi connectivity index (χ3v) is 8.74. The molecular weight excluding hydrogens is 644 g/mol. The smallest absolute Gasteiger partial charge is 0.407 e. The highest BCUT2D eigenvalue weighted by Gasteiger charge is 2.36. The van der Waals surface area contributed by atoms with E-state index in [0.717, 1.165) is 11.1 Å². The number of likely N-dealkylation sites (tertiary alicyclic amines) is 2. The van der Waals surface area contributed by atoms with E-state index in [1.165, 1.54) is 14.2 Å². The topological polar surface area (TPSA) is 175 Å². The molecule has 266 valence electrons. The molecule has 2 aromatic carbocycles. The summed E-state index contributed by atoms with van der Waals surface area (Å²) in [5, 5.41) is 10.9. The Morgan fingerprint density at radius 2 is 1.04 bits per heavy atom. The summed E-state index contributed by atoms with van der Waals surface area (Å²) in [5.41, 5.74) is 3.05. The lowest BCUT2D eigenvalue weighted by molar-refractivity contribution is -0.133. The van der Waals surface area contributed by atoms with Gasteiger partial charge < -0.3 is 40.5 Å². The molecule has 0 unspecified atom stereocenters. The highest BCUT2D eigenvalue weighted by molar-refractivity contribution is 5.95. The SMILES string of the molecule is C=CC[C@H](NC(=O)OC)C(=O)N1CC[C@@H](C(=O)Nc2ccc(-c3ccc(NC(=O)[C@H]4CCN(C(=O)[C@@H](CC=C)NC(=O)OC)C4)cc3)cc2)C1. The first-order valence-corrected chi connectivity index (χ1v) is 16.4. The third kappa shape index (κ3) is 9.71. The number of hydrogen-bond acceptors (Lipinski definition) is 8. The molecule has 4 N–H and O–H groups in total. The second-order valence-corrected chi connectivity index (χ2v) is 12.1. The van der Waals surface area contributed by atoms with Gasteiger partial charge in [0.05, 0.1) is 26.1 Å². The van der Waals surface area contributed by atoms with Gasteiger partial charge >= 0.3 is 12.2 Å². The minimum absolute atomic E-state index is 0.196. The van der Waals surface area contributed by atoms with Crippen molar-refractivity contribution in [2.24, 2.45) is 11.8 Å². The molecule has 4 rings (SSSR count). The lowest BCUT2D eigenvalue weighted by Gasteiger charge is -2.23. The first-order chi connectivity index (χ1) is 24.1. The average molecular weight is 689 g/mol. The van der Waals surface area contributed by atoms with Gasteiger partial charge in [0.1, 0.15) is 12.1 Å². The molecule has 2 fully saturated rings. The summed E-state index contributed by atoms with van der Waals surface area (Å²) in [6, 6.07) is 13.1. The van der Waals surface area contributed by atoms with Crippen molar-refractivity contribution in [1.29, 1.82) is 0 Å². The van der Waals surface area contributed by atoms with Gasteiger partial charge in [0.25, 0.3) is 0 Å². The molecular formula is C36H44N6O8. The highest BCUT2D eigenvalue weighted by Crippen LogP contribution is 2.26. The largest absolute Gasteiger partial charge is 0.453 e. The summed E-state index contributed by atoms with van der Waals surface area (Å²) < 4.78 is 9.22. The predicted octanol–water partition coefficient (Wildman–Crippen LogP) is 3.53. The van der Waals surface area contributed by atoms with Crippen molar-refractivity contribution < 1.29 is 38.2 Å². The predicted molar refractivity (Wildman–Crippen MR) is 187 cm³/mol. The van der Waals surface area contributed by atoms with E-state index in [1.807, 2.05) is 24.3 Å². The Kier molecular flexibility index (Phi) is 13.1. The Hall–Kier alpha value is -5.66. The van der Waals surface area contributed by atoms with Crippen LogP contribution in [0.3, 0.4) is 0 Å². The molecule has 0 radical (unpaired) electrons. The number of nitrogens with zero attached hydrogens (tertiary/aromatic N) is 2. The van der Waals surface area contributed by atoms with Crippen molar-refractivity contribution in [3.63, 3.8) is 0 Å². The second kappa shape index (κ2) is 17.7. The van der Waals surface area contributed by atoms with Gasteiger partial charge in [0, 0.05) is 37.6 Å². The van der Waals surface area contributed by atoms with Crippen molar-refractivity contribution in [2.45, 2.75) is 37.8 Å². The van der Waals surface area contributed by atoms with E-state index >= 15 is 0 Å². The second-order valence-electron chi connectivity index (χ2n) is 12.1. The number of amides is 6. The summed E-state index contributed by atoms with van der Waals surface area (Å²) in [7, 11) is 2.45. The Morgan fingerprint density at radius 3 is 1.36 bits per heavy atom. The maximum atomic E-state index is 13.0. The van der Waals surface area contributed by atoms with Crippen LogP contribution in [0.2, 0.25) is 0 Å². The maximum Gasteiger partial charge on any atom is 0.407 e. The zero-order chi connectivity index (χ0) is 36.2. The molecule has 0 aromatic heterocycles. The molecule has 2 aliphatic rings. The van der Waals surface area contributed by atoms with Crippen LogP contribution in [0.4, 0.5) is 21.0 Å². The fraction of sp³-hybridized carbons (Fsp3) is 0.389. The number of nitrogens with one attached hydrogen (secondary N) is 4. The molecule has 0 bridgehead atoms. The molecule has 50 heavy (non-hydrogen) atoms. The molecule has 0 spiro atoms. The van der Waals surface area contributed by atoms with E-state index in [-0.39, 0.29) is 49.6 Å². The van der Waals surface area contributed by atoms with Crippen LogP contribution in [0.1, 0.15) is 25.7 Å².